The zero-order valence-corrected chi connectivity index (χ0v) is 12.2. The lowest BCUT2D eigenvalue weighted by Crippen LogP contribution is -2.53. The Labute approximate surface area is 115 Å². The number of morpholine rings is 1. The summed E-state index contributed by atoms with van der Waals surface area (Å²) >= 11 is 0. The molecule has 3 atom stereocenters. The summed E-state index contributed by atoms with van der Waals surface area (Å²) in [5.74, 6) is 0.393. The Hall–Kier alpha value is -0.210. The van der Waals surface area contributed by atoms with Crippen molar-refractivity contribution < 1.29 is 18.3 Å². The Kier molecular flexibility index (Phi) is 5.19. The van der Waals surface area contributed by atoms with Crippen LogP contribution in [0.1, 0.15) is 19.8 Å². The molecule has 0 aromatic carbocycles. The van der Waals surface area contributed by atoms with Crippen LogP contribution in [0.4, 0.5) is 0 Å². The Morgan fingerprint density at radius 2 is 2.26 bits per heavy atom. The van der Waals surface area contributed by atoms with Crippen LogP contribution in [-0.4, -0.2) is 68.6 Å². The maximum Gasteiger partial charge on any atom is 0.214 e. The van der Waals surface area contributed by atoms with Crippen LogP contribution in [-0.2, 0) is 14.8 Å². The molecular formula is C12H24N2O4S. The lowest BCUT2D eigenvalue weighted by molar-refractivity contribution is -0.0517. The molecule has 0 aromatic rings. The fraction of sp³-hybridized carbons (Fsp3) is 1.00. The van der Waals surface area contributed by atoms with Crippen molar-refractivity contribution in [1.82, 2.24) is 9.62 Å². The molecule has 2 fully saturated rings. The molecule has 0 amide bonds. The Morgan fingerprint density at radius 1 is 1.47 bits per heavy atom. The van der Waals surface area contributed by atoms with Crippen molar-refractivity contribution in [2.75, 3.05) is 38.6 Å². The van der Waals surface area contributed by atoms with E-state index in [1.807, 2.05) is 6.92 Å². The first-order valence-electron chi connectivity index (χ1n) is 6.95. The molecular weight excluding hydrogens is 268 g/mol. The average Bonchev–Trinajstić information content (AvgIpc) is 2.39. The van der Waals surface area contributed by atoms with Crippen molar-refractivity contribution in [3.05, 3.63) is 0 Å². The number of aliphatic hydroxyl groups excluding tert-OH is 1. The highest BCUT2D eigenvalue weighted by Crippen LogP contribution is 2.20. The van der Waals surface area contributed by atoms with Gasteiger partial charge in [0.15, 0.2) is 0 Å². The Balaban J connectivity index is 2.00. The van der Waals surface area contributed by atoms with Crippen LogP contribution in [0.5, 0.6) is 0 Å². The standard InChI is InChI=1S/C12H24N2O4S/c1-10-8-18-12(7-15)6-14(10)19(16,17)9-11-3-2-4-13-5-11/h10-13,15H,2-9H2,1H3. The molecule has 112 valence electrons. The summed E-state index contributed by atoms with van der Waals surface area (Å²) in [6.45, 7) is 4.10. The van der Waals surface area contributed by atoms with E-state index in [0.29, 0.717) is 6.61 Å². The highest BCUT2D eigenvalue weighted by molar-refractivity contribution is 7.89. The largest absolute Gasteiger partial charge is 0.394 e. The monoisotopic (exact) mass is 292 g/mol. The van der Waals surface area contributed by atoms with Gasteiger partial charge in [-0.1, -0.05) is 0 Å². The Morgan fingerprint density at radius 3 is 2.89 bits per heavy atom. The van der Waals surface area contributed by atoms with Gasteiger partial charge < -0.3 is 15.2 Å². The van der Waals surface area contributed by atoms with Gasteiger partial charge in [-0.3, -0.25) is 0 Å². The maximum atomic E-state index is 12.5. The summed E-state index contributed by atoms with van der Waals surface area (Å²) < 4.78 is 31.9. The fourth-order valence-electron chi connectivity index (χ4n) is 2.75. The van der Waals surface area contributed by atoms with Crippen LogP contribution in [0, 0.1) is 5.92 Å². The van der Waals surface area contributed by atoms with Crippen molar-refractivity contribution >= 4 is 10.0 Å². The number of hydrogen-bond acceptors (Lipinski definition) is 5. The van der Waals surface area contributed by atoms with Crippen LogP contribution in [0.15, 0.2) is 0 Å². The number of hydrogen-bond donors (Lipinski definition) is 2. The predicted molar refractivity (Wildman–Crippen MR) is 72.4 cm³/mol. The molecule has 6 nitrogen and oxygen atoms in total. The van der Waals surface area contributed by atoms with Gasteiger partial charge in [0.1, 0.15) is 0 Å². The molecule has 0 radical (unpaired) electrons. The molecule has 2 N–H and O–H groups in total. The second-order valence-corrected chi connectivity index (χ2v) is 7.51. The fourth-order valence-corrected chi connectivity index (χ4v) is 4.82. The molecule has 19 heavy (non-hydrogen) atoms. The van der Waals surface area contributed by atoms with Crippen molar-refractivity contribution in [3.8, 4) is 0 Å². The van der Waals surface area contributed by atoms with Crippen LogP contribution in [0.25, 0.3) is 0 Å². The van der Waals surface area contributed by atoms with Gasteiger partial charge >= 0.3 is 0 Å². The van der Waals surface area contributed by atoms with Crippen LogP contribution in [0.3, 0.4) is 0 Å². The first-order valence-corrected chi connectivity index (χ1v) is 8.56. The molecule has 3 unspecified atom stereocenters. The molecule has 0 bridgehead atoms. The smallest absolute Gasteiger partial charge is 0.214 e. The molecule has 0 spiro atoms. The van der Waals surface area contributed by atoms with Gasteiger partial charge in [-0.25, -0.2) is 8.42 Å². The van der Waals surface area contributed by atoms with E-state index in [4.69, 9.17) is 9.84 Å². The second kappa shape index (κ2) is 6.49. The summed E-state index contributed by atoms with van der Waals surface area (Å²) in [6, 6.07) is -0.149. The first kappa shape index (κ1) is 15.2. The van der Waals surface area contributed by atoms with E-state index < -0.39 is 16.1 Å². The maximum absolute atomic E-state index is 12.5. The number of nitrogens with zero attached hydrogens (tertiary/aromatic N) is 1. The van der Waals surface area contributed by atoms with Gasteiger partial charge in [-0.15, -0.1) is 0 Å². The van der Waals surface area contributed by atoms with Crippen molar-refractivity contribution in [3.63, 3.8) is 0 Å². The highest BCUT2D eigenvalue weighted by atomic mass is 32.2. The van der Waals surface area contributed by atoms with Crippen LogP contribution >= 0.6 is 0 Å². The molecule has 2 rings (SSSR count). The molecule has 0 aromatic heterocycles. The van der Waals surface area contributed by atoms with E-state index in [1.165, 1.54) is 4.31 Å². The minimum atomic E-state index is -3.27. The van der Waals surface area contributed by atoms with E-state index in [0.717, 1.165) is 25.9 Å². The van der Waals surface area contributed by atoms with E-state index in [1.54, 1.807) is 0 Å². The zero-order valence-electron chi connectivity index (χ0n) is 11.4. The van der Waals surface area contributed by atoms with Crippen molar-refractivity contribution in [2.45, 2.75) is 31.9 Å². The van der Waals surface area contributed by atoms with Gasteiger partial charge in [0, 0.05) is 12.6 Å². The molecule has 2 aliphatic heterocycles. The minimum absolute atomic E-state index is 0.135. The van der Waals surface area contributed by atoms with E-state index >= 15 is 0 Å². The Bertz CT molecular complexity index is 381. The number of rotatable bonds is 4. The predicted octanol–water partition coefficient (Wildman–Crippen LogP) is -0.603. The average molecular weight is 292 g/mol. The van der Waals surface area contributed by atoms with Crippen molar-refractivity contribution in [1.29, 1.82) is 0 Å². The van der Waals surface area contributed by atoms with Gasteiger partial charge in [-0.05, 0) is 38.8 Å². The number of ether oxygens (including phenoxy) is 1. The number of aliphatic hydroxyl groups is 1. The third kappa shape index (κ3) is 3.88. The van der Waals surface area contributed by atoms with Crippen molar-refractivity contribution in [2.24, 2.45) is 5.92 Å². The molecule has 2 saturated heterocycles. The van der Waals surface area contributed by atoms with E-state index in [-0.39, 0.29) is 30.9 Å². The number of sulfonamides is 1. The highest BCUT2D eigenvalue weighted by Gasteiger charge is 2.35. The third-order valence-corrected chi connectivity index (χ3v) is 5.97. The summed E-state index contributed by atoms with van der Waals surface area (Å²) in [5, 5.41) is 12.4. The SMILES string of the molecule is CC1COC(CO)CN1S(=O)(=O)CC1CCCNC1. The molecule has 0 saturated carbocycles. The van der Waals surface area contributed by atoms with Gasteiger partial charge in [-0.2, -0.15) is 4.31 Å². The lowest BCUT2D eigenvalue weighted by atomic mass is 10.0. The van der Waals surface area contributed by atoms with E-state index in [9.17, 15) is 8.42 Å². The van der Waals surface area contributed by atoms with Crippen LogP contribution in [0.2, 0.25) is 0 Å². The van der Waals surface area contributed by atoms with Gasteiger partial charge in [0.25, 0.3) is 0 Å². The molecule has 7 heteroatoms. The third-order valence-electron chi connectivity index (χ3n) is 3.85. The molecule has 0 aliphatic carbocycles. The summed E-state index contributed by atoms with van der Waals surface area (Å²) in [7, 11) is -3.27. The minimum Gasteiger partial charge on any atom is -0.394 e. The molecule has 2 aliphatic rings. The van der Waals surface area contributed by atoms with Gasteiger partial charge in [0.05, 0.1) is 25.1 Å². The quantitative estimate of drug-likeness (QED) is 0.723. The first-order chi connectivity index (χ1) is 9.03. The van der Waals surface area contributed by atoms with Crippen LogP contribution < -0.4 is 5.32 Å². The van der Waals surface area contributed by atoms with E-state index in [2.05, 4.69) is 5.32 Å². The second-order valence-electron chi connectivity index (χ2n) is 5.55. The van der Waals surface area contributed by atoms with Gasteiger partial charge in [0.2, 0.25) is 10.0 Å². The summed E-state index contributed by atoms with van der Waals surface area (Å²) in [5.41, 5.74) is 0. The summed E-state index contributed by atoms with van der Waals surface area (Å²) in [6.07, 6.45) is 1.61. The zero-order chi connectivity index (χ0) is 13.9. The normalized spacial score (nSPS) is 34.3. The number of piperidine rings is 1. The topological polar surface area (TPSA) is 78.9 Å². The molecule has 2 heterocycles. The number of nitrogens with one attached hydrogen (secondary N) is 1. The summed E-state index contributed by atoms with van der Waals surface area (Å²) in [4.78, 5) is 0. The lowest BCUT2D eigenvalue weighted by Gasteiger charge is -2.37.